The molecule has 0 heterocycles. The van der Waals surface area contributed by atoms with Crippen molar-refractivity contribution in [1.82, 2.24) is 0 Å². The van der Waals surface area contributed by atoms with Gasteiger partial charge in [0, 0.05) is 22.9 Å². The minimum atomic E-state index is -3.81. The summed E-state index contributed by atoms with van der Waals surface area (Å²) in [6, 6.07) is 15.4. The number of aryl methyl sites for hydroxylation is 2. The van der Waals surface area contributed by atoms with E-state index < -0.39 is 20.9 Å². The number of nitrogens with one attached hydrogen (secondary N) is 2. The molecule has 0 aliphatic heterocycles. The van der Waals surface area contributed by atoms with E-state index >= 15 is 0 Å². The van der Waals surface area contributed by atoms with Crippen LogP contribution in [-0.4, -0.2) is 19.2 Å². The van der Waals surface area contributed by atoms with Crippen LogP contribution < -0.4 is 10.0 Å². The lowest BCUT2D eigenvalue weighted by Crippen LogP contribution is -2.15. The highest BCUT2D eigenvalue weighted by Crippen LogP contribution is 2.24. The predicted octanol–water partition coefficient (Wildman–Crippen LogP) is 4.57. The van der Waals surface area contributed by atoms with Crippen molar-refractivity contribution in [2.75, 3.05) is 10.0 Å². The molecule has 3 aromatic carbocycles. The van der Waals surface area contributed by atoms with E-state index in [2.05, 4.69) is 10.0 Å². The van der Waals surface area contributed by atoms with Crippen molar-refractivity contribution in [2.24, 2.45) is 0 Å². The van der Waals surface area contributed by atoms with E-state index in [1.165, 1.54) is 49.4 Å². The van der Waals surface area contributed by atoms with Crippen molar-refractivity contribution in [3.63, 3.8) is 0 Å². The average molecular weight is 439 g/mol. The number of benzene rings is 3. The Bertz CT molecular complexity index is 1270. The largest absolute Gasteiger partial charge is 0.322 e. The highest BCUT2D eigenvalue weighted by atomic mass is 32.2. The highest BCUT2D eigenvalue weighted by molar-refractivity contribution is 7.92. The van der Waals surface area contributed by atoms with Crippen molar-refractivity contribution in [3.8, 4) is 0 Å². The van der Waals surface area contributed by atoms with Crippen LogP contribution in [0.2, 0.25) is 0 Å². The van der Waals surface area contributed by atoms with Crippen molar-refractivity contribution < 1.29 is 18.1 Å². The van der Waals surface area contributed by atoms with Gasteiger partial charge in [-0.2, -0.15) is 0 Å². The number of carbonyl (C=O) groups excluding carboxylic acids is 1. The molecule has 3 rings (SSSR count). The minimum Gasteiger partial charge on any atom is -0.322 e. The van der Waals surface area contributed by atoms with Gasteiger partial charge in [0.2, 0.25) is 0 Å². The number of carbonyl (C=O) groups is 1. The smallest absolute Gasteiger partial charge is 0.273 e. The lowest BCUT2D eigenvalue weighted by molar-refractivity contribution is -0.385. The maximum Gasteiger partial charge on any atom is 0.273 e. The third-order valence-electron chi connectivity index (χ3n) is 4.81. The van der Waals surface area contributed by atoms with Gasteiger partial charge in [-0.1, -0.05) is 18.2 Å². The number of hydrogen-bond acceptors (Lipinski definition) is 5. The van der Waals surface area contributed by atoms with E-state index in [1.54, 1.807) is 6.07 Å². The molecule has 0 spiro atoms. The summed E-state index contributed by atoms with van der Waals surface area (Å²) >= 11 is 0. The molecule has 160 valence electrons. The van der Waals surface area contributed by atoms with Gasteiger partial charge < -0.3 is 5.32 Å². The molecular weight excluding hydrogens is 418 g/mol. The quantitative estimate of drug-likeness (QED) is 0.431. The molecule has 8 nitrogen and oxygen atoms in total. The summed E-state index contributed by atoms with van der Waals surface area (Å²) in [5.41, 5.74) is 2.86. The Hall–Kier alpha value is -3.72. The number of hydrogen-bond donors (Lipinski definition) is 2. The second-order valence-corrected chi connectivity index (χ2v) is 8.79. The van der Waals surface area contributed by atoms with Crippen molar-refractivity contribution in [2.45, 2.75) is 25.7 Å². The average Bonchev–Trinajstić information content (AvgIpc) is 2.71. The number of nitrogens with zero attached hydrogens (tertiary/aromatic N) is 1. The molecule has 9 heteroatoms. The van der Waals surface area contributed by atoms with Crippen LogP contribution in [0, 0.1) is 30.9 Å². The lowest BCUT2D eigenvalue weighted by atomic mass is 10.1. The van der Waals surface area contributed by atoms with Gasteiger partial charge >= 0.3 is 0 Å². The molecule has 0 saturated heterocycles. The van der Waals surface area contributed by atoms with Gasteiger partial charge in [0.25, 0.3) is 21.6 Å². The Morgan fingerprint density at radius 3 is 2.29 bits per heavy atom. The zero-order valence-corrected chi connectivity index (χ0v) is 18.0. The first-order valence-electron chi connectivity index (χ1n) is 9.34. The van der Waals surface area contributed by atoms with Gasteiger partial charge in [-0.15, -0.1) is 0 Å². The standard InChI is InChI=1S/C22H21N3O5S/c1-14-7-8-15(2)20(13-14)24-31(29,30)18-11-9-17(10-12-18)23-22(26)19-5-4-6-21(16(19)3)25(27)28/h4-13,24H,1-3H3,(H,23,26). The van der Waals surface area contributed by atoms with E-state index in [1.807, 2.05) is 26.0 Å². The molecule has 31 heavy (non-hydrogen) atoms. The van der Waals surface area contributed by atoms with Crippen LogP contribution in [0.3, 0.4) is 0 Å². The van der Waals surface area contributed by atoms with Gasteiger partial charge in [-0.3, -0.25) is 19.6 Å². The van der Waals surface area contributed by atoms with Crippen LogP contribution in [-0.2, 0) is 10.0 Å². The monoisotopic (exact) mass is 439 g/mol. The van der Waals surface area contributed by atoms with Gasteiger partial charge in [-0.05, 0) is 68.3 Å². The third kappa shape index (κ3) is 4.89. The predicted molar refractivity (Wildman–Crippen MR) is 119 cm³/mol. The fourth-order valence-corrected chi connectivity index (χ4v) is 4.15. The van der Waals surface area contributed by atoms with Crippen LogP contribution in [0.1, 0.15) is 27.0 Å². The number of nitro groups is 1. The SMILES string of the molecule is Cc1ccc(C)c(NS(=O)(=O)c2ccc(NC(=O)c3cccc([N+](=O)[O-])c3C)cc2)c1. The molecule has 0 fully saturated rings. The van der Waals surface area contributed by atoms with E-state index in [9.17, 15) is 23.3 Å². The van der Waals surface area contributed by atoms with E-state index in [0.29, 0.717) is 11.4 Å². The minimum absolute atomic E-state index is 0.0398. The van der Waals surface area contributed by atoms with Gasteiger partial charge in [0.15, 0.2) is 0 Å². The van der Waals surface area contributed by atoms with E-state index in [4.69, 9.17) is 0 Å². The number of anilines is 2. The summed E-state index contributed by atoms with van der Waals surface area (Å²) in [4.78, 5) is 23.1. The lowest BCUT2D eigenvalue weighted by Gasteiger charge is -2.12. The summed E-state index contributed by atoms with van der Waals surface area (Å²) < 4.78 is 28.0. The summed E-state index contributed by atoms with van der Waals surface area (Å²) in [6.07, 6.45) is 0. The van der Waals surface area contributed by atoms with Crippen LogP contribution in [0.5, 0.6) is 0 Å². The Kier molecular flexibility index (Phi) is 6.07. The van der Waals surface area contributed by atoms with Crippen molar-refractivity contribution in [1.29, 1.82) is 0 Å². The Morgan fingerprint density at radius 1 is 0.968 bits per heavy atom. The van der Waals surface area contributed by atoms with E-state index in [-0.39, 0.29) is 21.7 Å². The Labute approximate surface area is 180 Å². The summed E-state index contributed by atoms with van der Waals surface area (Å²) in [5.74, 6) is -0.523. The van der Waals surface area contributed by atoms with Crippen LogP contribution in [0.4, 0.5) is 17.1 Å². The fourth-order valence-electron chi connectivity index (χ4n) is 3.03. The molecule has 1 amide bonds. The molecule has 0 atom stereocenters. The number of rotatable bonds is 6. The molecule has 0 aromatic heterocycles. The van der Waals surface area contributed by atoms with Crippen molar-refractivity contribution >= 4 is 33.0 Å². The second-order valence-electron chi connectivity index (χ2n) is 7.11. The zero-order valence-electron chi connectivity index (χ0n) is 17.2. The Morgan fingerprint density at radius 2 is 1.65 bits per heavy atom. The highest BCUT2D eigenvalue weighted by Gasteiger charge is 2.19. The molecule has 0 bridgehead atoms. The summed E-state index contributed by atoms with van der Waals surface area (Å²) in [7, 11) is -3.81. The first kappa shape index (κ1) is 22.0. The number of amides is 1. The summed E-state index contributed by atoms with van der Waals surface area (Å²) in [6.45, 7) is 5.19. The Balaban J connectivity index is 1.79. The third-order valence-corrected chi connectivity index (χ3v) is 6.19. The van der Waals surface area contributed by atoms with Gasteiger partial charge in [0.1, 0.15) is 0 Å². The molecule has 0 aliphatic rings. The molecule has 0 saturated carbocycles. The maximum absolute atomic E-state index is 12.7. The van der Waals surface area contributed by atoms with Crippen LogP contribution in [0.15, 0.2) is 65.6 Å². The first-order valence-corrected chi connectivity index (χ1v) is 10.8. The van der Waals surface area contributed by atoms with Crippen molar-refractivity contribution in [3.05, 3.63) is 93.0 Å². The van der Waals surface area contributed by atoms with Crippen LogP contribution >= 0.6 is 0 Å². The van der Waals surface area contributed by atoms with E-state index in [0.717, 1.165) is 11.1 Å². The molecule has 0 aliphatic carbocycles. The molecule has 0 radical (unpaired) electrons. The first-order chi connectivity index (χ1) is 14.6. The number of nitro benzene ring substituents is 1. The summed E-state index contributed by atoms with van der Waals surface area (Å²) in [5, 5.41) is 13.7. The maximum atomic E-state index is 12.7. The second kappa shape index (κ2) is 8.57. The number of sulfonamides is 1. The molecule has 2 N–H and O–H groups in total. The van der Waals surface area contributed by atoms with Gasteiger partial charge in [0.05, 0.1) is 15.5 Å². The molecular formula is C22H21N3O5S. The molecule has 0 unspecified atom stereocenters. The normalized spacial score (nSPS) is 11.1. The topological polar surface area (TPSA) is 118 Å². The van der Waals surface area contributed by atoms with Crippen LogP contribution in [0.25, 0.3) is 0 Å². The molecule has 3 aromatic rings. The zero-order chi connectivity index (χ0) is 22.8. The fraction of sp³-hybridized carbons (Fsp3) is 0.136. The van der Waals surface area contributed by atoms with Gasteiger partial charge in [-0.25, -0.2) is 8.42 Å².